The summed E-state index contributed by atoms with van der Waals surface area (Å²) in [5.74, 6) is -0.440. The monoisotopic (exact) mass is 312 g/mol. The molecule has 1 aromatic carbocycles. The Labute approximate surface area is 127 Å². The Bertz CT molecular complexity index is 544. The molecule has 1 aliphatic carbocycles. The van der Waals surface area contributed by atoms with Crippen molar-refractivity contribution in [3.63, 3.8) is 0 Å². The van der Waals surface area contributed by atoms with Gasteiger partial charge in [-0.2, -0.15) is 0 Å². The molecule has 0 aliphatic heterocycles. The maximum atomic E-state index is 12.7. The molecule has 1 saturated carbocycles. The van der Waals surface area contributed by atoms with Crippen LogP contribution in [0.1, 0.15) is 36.0 Å². The third-order valence-electron chi connectivity index (χ3n) is 3.75. The van der Waals surface area contributed by atoms with Gasteiger partial charge >= 0.3 is 0 Å². The van der Waals surface area contributed by atoms with Crippen LogP contribution in [0.4, 0.5) is 5.69 Å². The maximum absolute atomic E-state index is 12.7. The highest BCUT2D eigenvalue weighted by Crippen LogP contribution is 2.28. The maximum Gasteiger partial charge on any atom is 0.282 e. The summed E-state index contributed by atoms with van der Waals surface area (Å²) < 4.78 is 0. The minimum absolute atomic E-state index is 0.0205. The van der Waals surface area contributed by atoms with E-state index in [1.807, 2.05) is 0 Å². The van der Waals surface area contributed by atoms with E-state index in [4.69, 9.17) is 11.6 Å². The van der Waals surface area contributed by atoms with Gasteiger partial charge in [0.2, 0.25) is 0 Å². The van der Waals surface area contributed by atoms with Crippen LogP contribution in [0.3, 0.4) is 0 Å². The first-order valence-electron chi connectivity index (χ1n) is 6.90. The summed E-state index contributed by atoms with van der Waals surface area (Å²) in [4.78, 5) is 24.7. The van der Waals surface area contributed by atoms with E-state index >= 15 is 0 Å². The van der Waals surface area contributed by atoms with Crippen molar-refractivity contribution in [2.75, 3.05) is 13.2 Å². The topological polar surface area (TPSA) is 83.7 Å². The highest BCUT2D eigenvalue weighted by molar-refractivity contribution is 6.31. The lowest BCUT2D eigenvalue weighted by Gasteiger charge is -2.28. The van der Waals surface area contributed by atoms with Crippen molar-refractivity contribution in [1.29, 1.82) is 0 Å². The number of rotatable bonds is 5. The number of nitrogens with zero attached hydrogens (tertiary/aromatic N) is 2. The van der Waals surface area contributed by atoms with E-state index in [0.29, 0.717) is 0 Å². The van der Waals surface area contributed by atoms with Gasteiger partial charge in [0.25, 0.3) is 11.6 Å². The first-order chi connectivity index (χ1) is 10.0. The summed E-state index contributed by atoms with van der Waals surface area (Å²) in [5.41, 5.74) is -0.279. The van der Waals surface area contributed by atoms with Crippen LogP contribution in [0.15, 0.2) is 18.2 Å². The lowest BCUT2D eigenvalue weighted by atomic mass is 10.1. The van der Waals surface area contributed by atoms with Crippen LogP contribution < -0.4 is 0 Å². The molecular formula is C14H17ClN2O4. The third kappa shape index (κ3) is 3.51. The molecule has 7 heteroatoms. The van der Waals surface area contributed by atoms with Crippen LogP contribution >= 0.6 is 11.6 Å². The van der Waals surface area contributed by atoms with Gasteiger partial charge < -0.3 is 10.0 Å². The molecule has 114 valence electrons. The molecule has 1 aromatic rings. The number of aliphatic hydroxyl groups is 1. The summed E-state index contributed by atoms with van der Waals surface area (Å²) in [6.07, 6.45) is 3.77. The number of nitro groups is 1. The number of amides is 1. The van der Waals surface area contributed by atoms with Crippen molar-refractivity contribution in [2.45, 2.75) is 31.7 Å². The van der Waals surface area contributed by atoms with Gasteiger partial charge in [-0.25, -0.2) is 0 Å². The van der Waals surface area contributed by atoms with Crippen molar-refractivity contribution < 1.29 is 14.8 Å². The zero-order chi connectivity index (χ0) is 15.4. The molecule has 2 rings (SSSR count). The van der Waals surface area contributed by atoms with Crippen LogP contribution in [0.5, 0.6) is 0 Å². The van der Waals surface area contributed by atoms with Crippen LogP contribution in [-0.2, 0) is 0 Å². The minimum atomic E-state index is -0.588. The summed E-state index contributed by atoms with van der Waals surface area (Å²) >= 11 is 5.86. The van der Waals surface area contributed by atoms with Crippen LogP contribution in [-0.4, -0.2) is 40.0 Å². The highest BCUT2D eigenvalue weighted by Gasteiger charge is 2.31. The van der Waals surface area contributed by atoms with Crippen LogP contribution in [0, 0.1) is 10.1 Å². The first-order valence-corrected chi connectivity index (χ1v) is 7.28. The molecule has 0 heterocycles. The molecule has 0 aromatic heterocycles. The van der Waals surface area contributed by atoms with Crippen molar-refractivity contribution >= 4 is 23.2 Å². The lowest BCUT2D eigenvalue weighted by Crippen LogP contribution is -2.41. The number of carbonyl (C=O) groups is 1. The van der Waals surface area contributed by atoms with Crippen LogP contribution in [0.2, 0.25) is 5.02 Å². The number of benzene rings is 1. The molecule has 1 aliphatic rings. The molecule has 1 N–H and O–H groups in total. The Hall–Kier alpha value is -1.66. The van der Waals surface area contributed by atoms with E-state index in [-0.39, 0.29) is 35.5 Å². The average molecular weight is 313 g/mol. The number of nitro benzene ring substituents is 1. The third-order valence-corrected chi connectivity index (χ3v) is 3.99. The Morgan fingerprint density at radius 2 is 2.10 bits per heavy atom. The molecule has 1 amide bonds. The minimum Gasteiger partial charge on any atom is -0.395 e. The van der Waals surface area contributed by atoms with E-state index in [2.05, 4.69) is 0 Å². The molecule has 6 nitrogen and oxygen atoms in total. The van der Waals surface area contributed by atoms with Gasteiger partial charge in [-0.3, -0.25) is 14.9 Å². The zero-order valence-corrected chi connectivity index (χ0v) is 12.3. The zero-order valence-electron chi connectivity index (χ0n) is 11.5. The number of halogens is 1. The predicted octanol–water partition coefficient (Wildman–Crippen LogP) is 2.63. The van der Waals surface area contributed by atoms with E-state index in [1.54, 1.807) is 0 Å². The first kappa shape index (κ1) is 15.7. The summed E-state index contributed by atoms with van der Waals surface area (Å²) in [5, 5.41) is 20.5. The van der Waals surface area contributed by atoms with E-state index in [9.17, 15) is 20.0 Å². The van der Waals surface area contributed by atoms with Gasteiger partial charge in [-0.15, -0.1) is 0 Å². The molecule has 1 fully saturated rings. The van der Waals surface area contributed by atoms with Gasteiger partial charge in [0.15, 0.2) is 0 Å². The second kappa shape index (κ2) is 6.87. The number of hydrogen-bond donors (Lipinski definition) is 1. The molecule has 21 heavy (non-hydrogen) atoms. The van der Waals surface area contributed by atoms with Crippen molar-refractivity contribution in [3.05, 3.63) is 38.9 Å². The summed E-state index contributed by atoms with van der Waals surface area (Å²) in [6, 6.07) is 3.98. The molecule has 0 atom stereocenters. The lowest BCUT2D eigenvalue weighted by molar-refractivity contribution is -0.385. The van der Waals surface area contributed by atoms with Crippen molar-refractivity contribution in [1.82, 2.24) is 4.90 Å². The molecule has 0 radical (unpaired) electrons. The van der Waals surface area contributed by atoms with E-state index < -0.39 is 10.8 Å². The quantitative estimate of drug-likeness (QED) is 0.669. The molecular weight excluding hydrogens is 296 g/mol. The molecule has 0 saturated heterocycles. The Balaban J connectivity index is 2.35. The fraction of sp³-hybridized carbons (Fsp3) is 0.500. The largest absolute Gasteiger partial charge is 0.395 e. The van der Waals surface area contributed by atoms with E-state index in [0.717, 1.165) is 25.7 Å². The Morgan fingerprint density at radius 3 is 2.67 bits per heavy atom. The van der Waals surface area contributed by atoms with Gasteiger partial charge in [0, 0.05) is 23.7 Å². The molecule has 0 spiro atoms. The van der Waals surface area contributed by atoms with Gasteiger partial charge in [0.05, 0.1) is 11.5 Å². The number of aliphatic hydroxyl groups excluding tert-OH is 1. The van der Waals surface area contributed by atoms with Crippen molar-refractivity contribution in [3.8, 4) is 0 Å². The van der Waals surface area contributed by atoms with Crippen LogP contribution in [0.25, 0.3) is 0 Å². The molecule has 0 unspecified atom stereocenters. The van der Waals surface area contributed by atoms with Gasteiger partial charge in [-0.05, 0) is 25.0 Å². The number of carbonyl (C=O) groups excluding carboxylic acids is 1. The molecule has 0 bridgehead atoms. The van der Waals surface area contributed by atoms with Crippen molar-refractivity contribution in [2.24, 2.45) is 0 Å². The summed E-state index contributed by atoms with van der Waals surface area (Å²) in [7, 11) is 0. The highest BCUT2D eigenvalue weighted by atomic mass is 35.5. The summed E-state index contributed by atoms with van der Waals surface area (Å²) in [6.45, 7) is 0.00374. The average Bonchev–Trinajstić information content (AvgIpc) is 2.97. The standard InChI is InChI=1S/C14H17ClN2O4/c15-10-5-6-13(17(20)21)12(9-10)14(19)16(7-8-18)11-3-1-2-4-11/h5-6,9,11,18H,1-4,7-8H2. The SMILES string of the molecule is O=C(c1cc(Cl)ccc1[N+](=O)[O-])N(CCO)C1CCCC1. The van der Waals surface area contributed by atoms with Gasteiger partial charge in [-0.1, -0.05) is 24.4 Å². The second-order valence-electron chi connectivity index (χ2n) is 5.08. The Kier molecular flexibility index (Phi) is 5.14. The normalized spacial score (nSPS) is 15.1. The number of hydrogen-bond acceptors (Lipinski definition) is 4. The predicted molar refractivity (Wildman–Crippen MR) is 78.5 cm³/mol. The fourth-order valence-corrected chi connectivity index (χ4v) is 2.94. The smallest absolute Gasteiger partial charge is 0.282 e. The van der Waals surface area contributed by atoms with Gasteiger partial charge in [0.1, 0.15) is 5.56 Å². The second-order valence-corrected chi connectivity index (χ2v) is 5.52. The fourth-order valence-electron chi connectivity index (χ4n) is 2.77. The Morgan fingerprint density at radius 1 is 1.43 bits per heavy atom. The van der Waals surface area contributed by atoms with E-state index in [1.165, 1.54) is 23.1 Å².